The number of alkyl halides is 1. The Morgan fingerprint density at radius 3 is 2.60 bits per heavy atom. The standard InChI is InChI=1S/C16H15Br2ClO/c1-2-9-20-15-8-7-11(10-13(15)17)16(18)12-5-3-4-6-14(12)19/h3-8,10,16H,2,9H2,1H3. The van der Waals surface area contributed by atoms with Gasteiger partial charge in [0.2, 0.25) is 0 Å². The third kappa shape index (κ3) is 3.78. The van der Waals surface area contributed by atoms with Crippen LogP contribution in [0, 0.1) is 0 Å². The molecule has 0 fully saturated rings. The Hall–Kier alpha value is -0.510. The molecule has 0 aliphatic rings. The van der Waals surface area contributed by atoms with Crippen LogP contribution in [0.2, 0.25) is 5.02 Å². The lowest BCUT2D eigenvalue weighted by Gasteiger charge is -2.14. The summed E-state index contributed by atoms with van der Waals surface area (Å²) in [5.74, 6) is 0.870. The number of ether oxygens (including phenoxy) is 1. The van der Waals surface area contributed by atoms with Gasteiger partial charge in [0.05, 0.1) is 15.9 Å². The first-order valence-corrected chi connectivity index (χ1v) is 8.53. The molecule has 1 atom stereocenters. The van der Waals surface area contributed by atoms with Gasteiger partial charge in [-0.1, -0.05) is 58.7 Å². The third-order valence-corrected chi connectivity index (χ3v) is 4.87. The van der Waals surface area contributed by atoms with Crippen LogP contribution in [-0.4, -0.2) is 6.61 Å². The maximum absolute atomic E-state index is 6.24. The Kier molecular flexibility index (Phi) is 5.94. The van der Waals surface area contributed by atoms with Crippen molar-refractivity contribution in [2.75, 3.05) is 6.61 Å². The van der Waals surface area contributed by atoms with Gasteiger partial charge in [-0.05, 0) is 51.7 Å². The van der Waals surface area contributed by atoms with Gasteiger partial charge in [-0.2, -0.15) is 0 Å². The van der Waals surface area contributed by atoms with E-state index in [4.69, 9.17) is 16.3 Å². The monoisotopic (exact) mass is 416 g/mol. The molecular formula is C16H15Br2ClO. The maximum atomic E-state index is 6.24. The van der Waals surface area contributed by atoms with Gasteiger partial charge in [-0.3, -0.25) is 0 Å². The van der Waals surface area contributed by atoms with E-state index >= 15 is 0 Å². The lowest BCUT2D eigenvalue weighted by atomic mass is 10.0. The van der Waals surface area contributed by atoms with Crippen LogP contribution in [0.4, 0.5) is 0 Å². The Labute approximate surface area is 141 Å². The molecule has 0 spiro atoms. The zero-order valence-corrected chi connectivity index (χ0v) is 15.0. The second kappa shape index (κ2) is 7.48. The Morgan fingerprint density at radius 1 is 1.20 bits per heavy atom. The van der Waals surface area contributed by atoms with E-state index in [1.807, 2.05) is 30.3 Å². The predicted octanol–water partition coefficient (Wildman–Crippen LogP) is 6.38. The first-order chi connectivity index (χ1) is 9.63. The molecule has 2 aromatic carbocycles. The fourth-order valence-corrected chi connectivity index (χ4v) is 3.44. The van der Waals surface area contributed by atoms with Crippen molar-refractivity contribution in [3.63, 3.8) is 0 Å². The van der Waals surface area contributed by atoms with Crippen LogP contribution in [0.5, 0.6) is 5.75 Å². The predicted molar refractivity (Wildman–Crippen MR) is 92.2 cm³/mol. The molecule has 1 nitrogen and oxygen atoms in total. The van der Waals surface area contributed by atoms with Crippen molar-refractivity contribution in [1.82, 2.24) is 0 Å². The van der Waals surface area contributed by atoms with Gasteiger partial charge < -0.3 is 4.74 Å². The summed E-state index contributed by atoms with van der Waals surface area (Å²) in [4.78, 5) is 0.0627. The summed E-state index contributed by atoms with van der Waals surface area (Å²) in [7, 11) is 0. The highest BCUT2D eigenvalue weighted by Crippen LogP contribution is 2.38. The van der Waals surface area contributed by atoms with Gasteiger partial charge in [0, 0.05) is 5.02 Å². The van der Waals surface area contributed by atoms with Crippen LogP contribution in [-0.2, 0) is 0 Å². The molecule has 0 aliphatic heterocycles. The Morgan fingerprint density at radius 2 is 1.95 bits per heavy atom. The summed E-state index contributed by atoms with van der Waals surface area (Å²) in [5.41, 5.74) is 2.19. The normalized spacial score (nSPS) is 12.2. The molecule has 20 heavy (non-hydrogen) atoms. The zero-order chi connectivity index (χ0) is 14.5. The van der Waals surface area contributed by atoms with Crippen molar-refractivity contribution in [1.29, 1.82) is 0 Å². The summed E-state index contributed by atoms with van der Waals surface area (Å²) < 4.78 is 6.62. The SMILES string of the molecule is CCCOc1ccc(C(Br)c2ccccc2Cl)cc1Br. The number of halogens is 3. The molecule has 2 aromatic rings. The first-order valence-electron chi connectivity index (χ1n) is 6.44. The van der Waals surface area contributed by atoms with Crippen molar-refractivity contribution in [3.05, 3.63) is 63.1 Å². The highest BCUT2D eigenvalue weighted by molar-refractivity contribution is 9.10. The smallest absolute Gasteiger partial charge is 0.133 e. The number of hydrogen-bond acceptors (Lipinski definition) is 1. The lowest BCUT2D eigenvalue weighted by molar-refractivity contribution is 0.315. The van der Waals surface area contributed by atoms with Crippen molar-refractivity contribution in [3.8, 4) is 5.75 Å². The van der Waals surface area contributed by atoms with Crippen molar-refractivity contribution >= 4 is 43.5 Å². The molecule has 2 rings (SSSR count). The van der Waals surface area contributed by atoms with E-state index < -0.39 is 0 Å². The van der Waals surface area contributed by atoms with Crippen LogP contribution in [0.25, 0.3) is 0 Å². The Balaban J connectivity index is 2.25. The fraction of sp³-hybridized carbons (Fsp3) is 0.250. The summed E-state index contributed by atoms with van der Waals surface area (Å²) >= 11 is 13.5. The molecule has 0 saturated heterocycles. The fourth-order valence-electron chi connectivity index (χ4n) is 1.86. The quantitative estimate of drug-likeness (QED) is 0.512. The molecular weight excluding hydrogens is 403 g/mol. The van der Waals surface area contributed by atoms with Crippen molar-refractivity contribution in [2.24, 2.45) is 0 Å². The molecule has 4 heteroatoms. The van der Waals surface area contributed by atoms with Crippen LogP contribution in [0.1, 0.15) is 29.3 Å². The second-order valence-electron chi connectivity index (χ2n) is 4.42. The zero-order valence-electron chi connectivity index (χ0n) is 11.1. The first kappa shape index (κ1) is 15.9. The molecule has 0 bridgehead atoms. The van der Waals surface area contributed by atoms with Crippen molar-refractivity contribution in [2.45, 2.75) is 18.2 Å². The largest absolute Gasteiger partial charge is 0.492 e. The third-order valence-electron chi connectivity index (χ3n) is 2.89. The van der Waals surface area contributed by atoms with Gasteiger partial charge in [0.15, 0.2) is 0 Å². The van der Waals surface area contributed by atoms with Crippen LogP contribution in [0.15, 0.2) is 46.9 Å². The summed E-state index contributed by atoms with van der Waals surface area (Å²) in [6.45, 7) is 2.81. The molecule has 0 amide bonds. The van der Waals surface area contributed by atoms with E-state index in [9.17, 15) is 0 Å². The number of hydrogen-bond donors (Lipinski definition) is 0. The molecule has 0 N–H and O–H groups in total. The topological polar surface area (TPSA) is 9.23 Å². The minimum atomic E-state index is 0.0627. The van der Waals surface area contributed by atoms with E-state index in [2.05, 4.69) is 50.9 Å². The molecule has 0 aliphatic carbocycles. The Bertz CT molecular complexity index is 586. The molecule has 0 heterocycles. The maximum Gasteiger partial charge on any atom is 0.133 e. The highest BCUT2D eigenvalue weighted by Gasteiger charge is 2.14. The summed E-state index contributed by atoms with van der Waals surface area (Å²) in [5, 5.41) is 0.761. The molecule has 0 aromatic heterocycles. The van der Waals surface area contributed by atoms with Crippen LogP contribution < -0.4 is 4.74 Å². The van der Waals surface area contributed by atoms with E-state index in [0.29, 0.717) is 0 Å². The average molecular weight is 419 g/mol. The van der Waals surface area contributed by atoms with Gasteiger partial charge in [-0.15, -0.1) is 0 Å². The minimum absolute atomic E-state index is 0.0627. The van der Waals surface area contributed by atoms with E-state index in [1.54, 1.807) is 0 Å². The van der Waals surface area contributed by atoms with Gasteiger partial charge in [0.1, 0.15) is 5.75 Å². The average Bonchev–Trinajstić information content (AvgIpc) is 2.46. The van der Waals surface area contributed by atoms with Gasteiger partial charge >= 0.3 is 0 Å². The van der Waals surface area contributed by atoms with E-state index in [-0.39, 0.29) is 4.83 Å². The molecule has 0 radical (unpaired) electrons. The minimum Gasteiger partial charge on any atom is -0.492 e. The summed E-state index contributed by atoms with van der Waals surface area (Å²) in [6, 6.07) is 14.0. The van der Waals surface area contributed by atoms with Gasteiger partial charge in [0.25, 0.3) is 0 Å². The molecule has 0 saturated carbocycles. The van der Waals surface area contributed by atoms with Crippen LogP contribution in [0.3, 0.4) is 0 Å². The second-order valence-corrected chi connectivity index (χ2v) is 6.60. The van der Waals surface area contributed by atoms with E-state index in [1.165, 1.54) is 0 Å². The van der Waals surface area contributed by atoms with E-state index in [0.717, 1.165) is 39.4 Å². The summed E-state index contributed by atoms with van der Waals surface area (Å²) in [6.07, 6.45) is 0.995. The number of benzene rings is 2. The van der Waals surface area contributed by atoms with Crippen LogP contribution >= 0.6 is 43.5 Å². The van der Waals surface area contributed by atoms with Gasteiger partial charge in [-0.25, -0.2) is 0 Å². The molecule has 106 valence electrons. The molecule has 1 unspecified atom stereocenters. The lowest BCUT2D eigenvalue weighted by Crippen LogP contribution is -1.98. The highest BCUT2D eigenvalue weighted by atomic mass is 79.9. The number of rotatable bonds is 5. The van der Waals surface area contributed by atoms with Crippen molar-refractivity contribution < 1.29 is 4.74 Å².